The number of rotatable bonds is 0. The summed E-state index contributed by atoms with van der Waals surface area (Å²) in [6.07, 6.45) is 0. The van der Waals surface area contributed by atoms with Crippen LogP contribution in [0.1, 0.15) is 0 Å². The van der Waals surface area contributed by atoms with Gasteiger partial charge in [0.05, 0.1) is 0 Å². The molecule has 0 aliphatic rings. The Bertz CT molecular complexity index is 494. The van der Waals surface area contributed by atoms with Gasteiger partial charge in [-0.15, -0.1) is 0 Å². The molecule has 0 unspecified atom stereocenters. The minimum Gasteiger partial charge on any atom is -0.0616 e. The second kappa shape index (κ2) is 4.04. The number of hydrogen-bond acceptors (Lipinski definition) is 0. The molecule has 15 heavy (non-hydrogen) atoms. The summed E-state index contributed by atoms with van der Waals surface area (Å²) in [5, 5.41) is 5.25. The van der Waals surface area contributed by atoms with E-state index in [1.54, 1.807) is 0 Å². The van der Waals surface area contributed by atoms with Crippen molar-refractivity contribution in [2.45, 2.75) is 0 Å². The van der Waals surface area contributed by atoms with Gasteiger partial charge in [0, 0.05) is 16.5 Å². The summed E-state index contributed by atoms with van der Waals surface area (Å²) in [6.45, 7) is 0. The monoisotopic (exact) mass is 236 g/mol. The summed E-state index contributed by atoms with van der Waals surface area (Å²) < 4.78 is 0. The van der Waals surface area contributed by atoms with Gasteiger partial charge >= 0.3 is 0 Å². The number of hydrogen-bond donors (Lipinski definition) is 0. The molecule has 0 aromatic heterocycles. The SMILES string of the molecule is [Ni].c1ccc2cc3ccccc3cc2c1. The van der Waals surface area contributed by atoms with Gasteiger partial charge in [-0.3, -0.25) is 0 Å². The van der Waals surface area contributed by atoms with Gasteiger partial charge in [0.1, 0.15) is 0 Å². The van der Waals surface area contributed by atoms with Crippen molar-refractivity contribution in [3.8, 4) is 0 Å². The molecular weight excluding hydrogens is 227 g/mol. The first-order valence-electron chi connectivity index (χ1n) is 4.81. The van der Waals surface area contributed by atoms with Crippen LogP contribution in [0.15, 0.2) is 60.7 Å². The first-order valence-corrected chi connectivity index (χ1v) is 4.81. The summed E-state index contributed by atoms with van der Waals surface area (Å²) >= 11 is 0. The molecule has 0 aliphatic carbocycles. The van der Waals surface area contributed by atoms with E-state index in [1.807, 2.05) is 0 Å². The molecule has 0 bridgehead atoms. The summed E-state index contributed by atoms with van der Waals surface area (Å²) in [6, 6.07) is 21.4. The Hall–Kier alpha value is -1.33. The van der Waals surface area contributed by atoms with Crippen LogP contribution in [0.4, 0.5) is 0 Å². The van der Waals surface area contributed by atoms with Crippen LogP contribution in [0.5, 0.6) is 0 Å². The van der Waals surface area contributed by atoms with Gasteiger partial charge in [0.15, 0.2) is 0 Å². The maximum atomic E-state index is 2.24. The van der Waals surface area contributed by atoms with Gasteiger partial charge < -0.3 is 0 Å². The fraction of sp³-hybridized carbons (Fsp3) is 0. The van der Waals surface area contributed by atoms with E-state index < -0.39 is 0 Å². The molecule has 0 heterocycles. The Morgan fingerprint density at radius 1 is 0.467 bits per heavy atom. The van der Waals surface area contributed by atoms with Crippen LogP contribution >= 0.6 is 0 Å². The summed E-state index contributed by atoms with van der Waals surface area (Å²) in [5.41, 5.74) is 0. The predicted octanol–water partition coefficient (Wildman–Crippen LogP) is 3.99. The van der Waals surface area contributed by atoms with Gasteiger partial charge in [0.25, 0.3) is 0 Å². The minimum atomic E-state index is 0. The molecule has 0 amide bonds. The topological polar surface area (TPSA) is 0 Å². The third-order valence-corrected chi connectivity index (χ3v) is 2.61. The Morgan fingerprint density at radius 3 is 1.00 bits per heavy atom. The second-order valence-corrected chi connectivity index (χ2v) is 3.55. The molecule has 0 nitrogen and oxygen atoms in total. The first kappa shape index (κ1) is 10.2. The van der Waals surface area contributed by atoms with Gasteiger partial charge in [-0.05, 0) is 33.7 Å². The standard InChI is InChI=1S/C14H10.Ni/c1-2-6-12-10-14-8-4-3-7-13(14)9-11(12)5-1;/h1-10H;. The zero-order chi connectivity index (χ0) is 9.38. The van der Waals surface area contributed by atoms with E-state index in [2.05, 4.69) is 60.7 Å². The maximum absolute atomic E-state index is 2.24. The quantitative estimate of drug-likeness (QED) is 0.409. The van der Waals surface area contributed by atoms with E-state index >= 15 is 0 Å². The summed E-state index contributed by atoms with van der Waals surface area (Å²) in [5.74, 6) is 0. The van der Waals surface area contributed by atoms with Crippen molar-refractivity contribution in [3.05, 3.63) is 60.7 Å². The van der Waals surface area contributed by atoms with Crippen LogP contribution in [0, 0.1) is 0 Å². The van der Waals surface area contributed by atoms with Crippen molar-refractivity contribution in [3.63, 3.8) is 0 Å². The zero-order valence-electron chi connectivity index (χ0n) is 8.09. The Kier molecular flexibility index (Phi) is 2.75. The van der Waals surface area contributed by atoms with Crippen LogP contribution in [0.2, 0.25) is 0 Å². The summed E-state index contributed by atoms with van der Waals surface area (Å²) in [7, 11) is 0. The van der Waals surface area contributed by atoms with E-state index in [1.165, 1.54) is 21.5 Å². The minimum absolute atomic E-state index is 0. The molecule has 0 N–H and O–H groups in total. The average molecular weight is 237 g/mol. The van der Waals surface area contributed by atoms with Crippen molar-refractivity contribution >= 4 is 21.5 Å². The van der Waals surface area contributed by atoms with Crippen molar-refractivity contribution in [1.29, 1.82) is 0 Å². The summed E-state index contributed by atoms with van der Waals surface area (Å²) in [4.78, 5) is 0. The van der Waals surface area contributed by atoms with E-state index in [-0.39, 0.29) is 16.5 Å². The zero-order valence-corrected chi connectivity index (χ0v) is 9.08. The van der Waals surface area contributed by atoms with Crippen LogP contribution in [0.3, 0.4) is 0 Å². The fourth-order valence-corrected chi connectivity index (χ4v) is 1.88. The molecule has 3 rings (SSSR count). The van der Waals surface area contributed by atoms with E-state index in [0.717, 1.165) is 0 Å². The fourth-order valence-electron chi connectivity index (χ4n) is 1.88. The number of fused-ring (bicyclic) bond motifs is 2. The van der Waals surface area contributed by atoms with Gasteiger partial charge in [0.2, 0.25) is 0 Å². The molecule has 76 valence electrons. The van der Waals surface area contributed by atoms with Crippen LogP contribution < -0.4 is 0 Å². The smallest absolute Gasteiger partial charge is 0 e. The largest absolute Gasteiger partial charge is 0.0616 e. The van der Waals surface area contributed by atoms with Crippen molar-refractivity contribution < 1.29 is 16.5 Å². The molecule has 0 fully saturated rings. The van der Waals surface area contributed by atoms with E-state index in [9.17, 15) is 0 Å². The Balaban J connectivity index is 0.000000853. The van der Waals surface area contributed by atoms with Crippen LogP contribution in [0.25, 0.3) is 21.5 Å². The van der Waals surface area contributed by atoms with E-state index in [4.69, 9.17) is 0 Å². The molecule has 0 spiro atoms. The van der Waals surface area contributed by atoms with Crippen LogP contribution in [-0.4, -0.2) is 0 Å². The molecule has 0 atom stereocenters. The third-order valence-electron chi connectivity index (χ3n) is 2.61. The molecule has 3 aromatic rings. The first-order chi connectivity index (χ1) is 6.93. The molecule has 0 radical (unpaired) electrons. The molecule has 0 saturated carbocycles. The Labute approximate surface area is 98.8 Å². The molecule has 3 aromatic carbocycles. The normalized spacial score (nSPS) is 10.1. The van der Waals surface area contributed by atoms with Gasteiger partial charge in [-0.2, -0.15) is 0 Å². The Morgan fingerprint density at radius 2 is 0.733 bits per heavy atom. The number of benzene rings is 3. The predicted molar refractivity (Wildman–Crippen MR) is 61.5 cm³/mol. The van der Waals surface area contributed by atoms with Gasteiger partial charge in [-0.25, -0.2) is 0 Å². The molecule has 0 saturated heterocycles. The average Bonchev–Trinajstić information content (AvgIpc) is 2.26. The van der Waals surface area contributed by atoms with Gasteiger partial charge in [-0.1, -0.05) is 48.5 Å². The molecule has 1 heteroatoms. The maximum Gasteiger partial charge on any atom is 0 e. The molecule has 0 aliphatic heterocycles. The van der Waals surface area contributed by atoms with Crippen molar-refractivity contribution in [2.75, 3.05) is 0 Å². The van der Waals surface area contributed by atoms with E-state index in [0.29, 0.717) is 0 Å². The van der Waals surface area contributed by atoms with Crippen molar-refractivity contribution in [2.24, 2.45) is 0 Å². The van der Waals surface area contributed by atoms with Crippen LogP contribution in [-0.2, 0) is 16.5 Å². The molecular formula is C14H10Ni. The third kappa shape index (κ3) is 1.76. The van der Waals surface area contributed by atoms with Crippen molar-refractivity contribution in [1.82, 2.24) is 0 Å². The second-order valence-electron chi connectivity index (χ2n) is 3.55.